The van der Waals surface area contributed by atoms with E-state index in [4.69, 9.17) is 23.7 Å². The first-order valence-electron chi connectivity index (χ1n) is 24.7. The number of aromatic hydroxyl groups is 1. The second kappa shape index (κ2) is 15.2. The van der Waals surface area contributed by atoms with Crippen molar-refractivity contribution in [3.05, 3.63) is 167 Å². The molecule has 8 rings (SSSR count). The molecule has 290 valence electrons. The predicted octanol–water partition coefficient (Wildman–Crippen LogP) is 14.6. The number of imidazole rings is 1. The molecule has 0 saturated carbocycles. The minimum Gasteiger partial charge on any atom is -0.507 e. The third kappa shape index (κ3) is 7.36. The third-order valence-corrected chi connectivity index (χ3v) is 10.8. The van der Waals surface area contributed by atoms with Gasteiger partial charge >= 0.3 is 0 Å². The summed E-state index contributed by atoms with van der Waals surface area (Å²) in [5.41, 5.74) is 9.09. The number of aromatic nitrogens is 3. The molecule has 0 amide bonds. The van der Waals surface area contributed by atoms with Gasteiger partial charge in [0.15, 0.2) is 0 Å². The summed E-state index contributed by atoms with van der Waals surface area (Å²) in [4.78, 5) is 10.2. The van der Waals surface area contributed by atoms with Gasteiger partial charge in [-0.1, -0.05) is 144 Å². The Labute approximate surface area is 358 Å². The van der Waals surface area contributed by atoms with E-state index in [1.807, 2.05) is 91.2 Å². The summed E-state index contributed by atoms with van der Waals surface area (Å²) in [5.74, 6) is 0.697. The van der Waals surface area contributed by atoms with Crippen molar-refractivity contribution < 1.29 is 18.8 Å². The van der Waals surface area contributed by atoms with Crippen LogP contribution in [0.3, 0.4) is 0 Å². The van der Waals surface area contributed by atoms with Crippen LogP contribution >= 0.6 is 0 Å². The highest BCUT2D eigenvalue weighted by Crippen LogP contribution is 2.44. The van der Waals surface area contributed by atoms with E-state index in [1.54, 1.807) is 24.3 Å². The highest BCUT2D eigenvalue weighted by Gasteiger charge is 2.26. The van der Waals surface area contributed by atoms with Crippen molar-refractivity contribution in [2.24, 2.45) is 0 Å². The Hall–Kier alpha value is -6.26. The van der Waals surface area contributed by atoms with Gasteiger partial charge in [0, 0.05) is 31.1 Å². The molecule has 0 aliphatic carbocycles. The van der Waals surface area contributed by atoms with Crippen LogP contribution in [0.1, 0.15) is 102 Å². The summed E-state index contributed by atoms with van der Waals surface area (Å²) in [6.07, 6.45) is 1.54. The lowest BCUT2D eigenvalue weighted by Crippen LogP contribution is -2.11. The van der Waals surface area contributed by atoms with Gasteiger partial charge in [-0.3, -0.25) is 9.55 Å². The lowest BCUT2D eigenvalue weighted by molar-refractivity contribution is 0.466. The van der Waals surface area contributed by atoms with Crippen molar-refractivity contribution in [1.29, 1.82) is 0 Å². The Bertz CT molecular complexity index is 3220. The number of nitrogens with zero attached hydrogens (tertiary/aromatic N) is 3. The largest absolute Gasteiger partial charge is 0.507 e. The zero-order valence-electron chi connectivity index (χ0n) is 43.9. The van der Waals surface area contributed by atoms with Gasteiger partial charge in [0.05, 0.1) is 33.5 Å². The molecule has 0 bridgehead atoms. The quantitative estimate of drug-likeness (QED) is 0.167. The normalized spacial score (nSPS) is 14.8. The van der Waals surface area contributed by atoms with E-state index in [9.17, 15) is 5.11 Å². The topological polar surface area (TPSA) is 50.9 Å². The molecule has 4 nitrogen and oxygen atoms in total. The van der Waals surface area contributed by atoms with Crippen LogP contribution in [0.25, 0.3) is 72.7 Å². The van der Waals surface area contributed by atoms with Crippen molar-refractivity contribution >= 4 is 11.0 Å². The summed E-state index contributed by atoms with van der Waals surface area (Å²) in [6, 6.07) is 32.1. The van der Waals surface area contributed by atoms with Gasteiger partial charge in [0.2, 0.25) is 0 Å². The Morgan fingerprint density at radius 1 is 0.638 bits per heavy atom. The second-order valence-electron chi connectivity index (χ2n) is 16.6. The van der Waals surface area contributed by atoms with E-state index >= 15 is 0 Å². The van der Waals surface area contributed by atoms with Crippen LogP contribution in [0, 0.1) is 13.7 Å². The number of fused-ring (bicyclic) bond motifs is 1. The number of benzene rings is 6. The fourth-order valence-corrected chi connectivity index (χ4v) is 7.53. The molecule has 8 aromatic rings. The van der Waals surface area contributed by atoms with Crippen LogP contribution in [-0.4, -0.2) is 19.6 Å². The summed E-state index contributed by atoms with van der Waals surface area (Å²) in [7, 11) is 0. The summed E-state index contributed by atoms with van der Waals surface area (Å²) >= 11 is 0. The monoisotopic (exact) mass is 769 g/mol. The Morgan fingerprint density at radius 2 is 1.40 bits per heavy atom. The number of para-hydroxylation sites is 1. The summed E-state index contributed by atoms with van der Waals surface area (Å²) in [5, 5.41) is 12.2. The number of phenolic OH excluding ortho intramolecular Hbond substituents is 1. The van der Waals surface area contributed by atoms with Gasteiger partial charge in [-0.05, 0) is 118 Å². The minimum absolute atomic E-state index is 0.0121. The van der Waals surface area contributed by atoms with E-state index in [1.165, 1.54) is 6.20 Å². The van der Waals surface area contributed by atoms with Crippen molar-refractivity contribution in [2.75, 3.05) is 0 Å². The number of hydrogen-bond donors (Lipinski definition) is 1. The van der Waals surface area contributed by atoms with E-state index in [-0.39, 0.29) is 34.1 Å². The Balaban J connectivity index is 1.42. The highest BCUT2D eigenvalue weighted by atomic mass is 16.3. The molecule has 58 heavy (non-hydrogen) atoms. The van der Waals surface area contributed by atoms with Gasteiger partial charge in [0.25, 0.3) is 0 Å². The van der Waals surface area contributed by atoms with Crippen molar-refractivity contribution in [1.82, 2.24) is 14.5 Å². The van der Waals surface area contributed by atoms with Crippen LogP contribution in [0.4, 0.5) is 0 Å². The van der Waals surface area contributed by atoms with Crippen molar-refractivity contribution in [3.63, 3.8) is 0 Å². The van der Waals surface area contributed by atoms with Gasteiger partial charge in [-0.25, -0.2) is 4.98 Å². The average molecular weight is 770 g/mol. The van der Waals surface area contributed by atoms with Crippen molar-refractivity contribution in [3.8, 4) is 67.5 Å². The van der Waals surface area contributed by atoms with Crippen LogP contribution < -0.4 is 0 Å². The number of pyridine rings is 1. The van der Waals surface area contributed by atoms with Crippen LogP contribution in [-0.2, 0) is 5.41 Å². The zero-order chi connectivity index (χ0) is 49.4. The van der Waals surface area contributed by atoms with Gasteiger partial charge in [-0.2, -0.15) is 0 Å². The molecule has 0 atom stereocenters. The van der Waals surface area contributed by atoms with Crippen molar-refractivity contribution in [2.45, 2.75) is 79.4 Å². The Kier molecular flexibility index (Phi) is 7.41. The molecule has 0 saturated heterocycles. The first-order valence-corrected chi connectivity index (χ1v) is 19.7. The molecule has 0 unspecified atom stereocenters. The number of hydrogen-bond acceptors (Lipinski definition) is 3. The molecule has 1 N–H and O–H groups in total. The summed E-state index contributed by atoms with van der Waals surface area (Å²) < 4.78 is 85.5. The van der Waals surface area contributed by atoms with E-state index in [0.29, 0.717) is 50.5 Å². The van der Waals surface area contributed by atoms with E-state index in [0.717, 1.165) is 33.4 Å². The fourth-order valence-electron chi connectivity index (χ4n) is 7.53. The highest BCUT2D eigenvalue weighted by molar-refractivity contribution is 5.98. The zero-order valence-corrected chi connectivity index (χ0v) is 33.9. The molecule has 0 aliphatic heterocycles. The first kappa shape index (κ1) is 28.2. The minimum atomic E-state index is -2.84. The molecule has 4 heteroatoms. The molecule has 0 spiro atoms. The molecule has 2 aromatic heterocycles. The molecular weight excluding hydrogens is 707 g/mol. The van der Waals surface area contributed by atoms with Gasteiger partial charge < -0.3 is 5.11 Å². The lowest BCUT2D eigenvalue weighted by atomic mass is 9.83. The SMILES string of the molecule is [2H]c1c([2H])c(C([2H])([2H])[2H])c([2H])c([2H])c1-c1ccnc(-c2cc(-c3cccc4c3nc(-c3cc(C(C)C)cc(C(C)C)c3O)n4-c3ccc(C([2H])([2H])[2H])cc3-c3ccccc3)cc(C(C)(C)C)c2)c1. The smallest absolute Gasteiger partial charge is 0.149 e. The molecule has 0 fully saturated rings. The molecular formula is C54H53N3O. The van der Waals surface area contributed by atoms with Gasteiger partial charge in [-0.15, -0.1) is 0 Å². The third-order valence-electron chi connectivity index (χ3n) is 10.8. The number of aryl methyl sites for hydroxylation is 1. The molecule has 6 aromatic carbocycles. The first-order chi connectivity index (χ1) is 31.9. The van der Waals surface area contributed by atoms with Gasteiger partial charge in [0.1, 0.15) is 11.6 Å². The maximum atomic E-state index is 12.2. The molecule has 2 heterocycles. The van der Waals surface area contributed by atoms with Crippen LogP contribution in [0.15, 0.2) is 140 Å². The Morgan fingerprint density at radius 3 is 2.10 bits per heavy atom. The van der Waals surface area contributed by atoms with Crippen LogP contribution in [0.2, 0.25) is 0 Å². The number of rotatable bonds is 8. The molecule has 0 aliphatic rings. The maximum Gasteiger partial charge on any atom is 0.149 e. The predicted molar refractivity (Wildman–Crippen MR) is 244 cm³/mol. The average Bonchev–Trinajstić information content (AvgIpc) is 3.67. The second-order valence-corrected chi connectivity index (χ2v) is 16.6. The maximum absolute atomic E-state index is 12.2. The lowest BCUT2D eigenvalue weighted by Gasteiger charge is -2.22. The van der Waals surface area contributed by atoms with E-state index in [2.05, 4.69) is 46.8 Å². The standard InChI is InChI=1S/C54H53N3O/c1-33(2)40-30-45(34(3)4)52(58)47(31-40)53-56-51-44(16-13-17-50(51)57(53)49-23-20-36(6)26-46(49)38-14-11-10-12-15-38)41-27-42(29-43(28-41)54(7,8)9)48-32-39(24-25-55-48)37-21-18-35(5)19-22-37/h10-34,58H,1-9H3/i5D3,6D3,18D,19D,21D,22D. The van der Waals surface area contributed by atoms with E-state index < -0.39 is 43.4 Å². The fraction of sp³-hybridized carbons (Fsp3) is 0.222. The number of phenols is 1. The molecule has 0 radical (unpaired) electrons. The van der Waals surface area contributed by atoms with Crippen LogP contribution in [0.5, 0.6) is 5.75 Å². The summed E-state index contributed by atoms with van der Waals surface area (Å²) in [6.45, 7) is 9.42.